The molecular weight excluding hydrogens is 253 g/mol. The van der Waals surface area contributed by atoms with Gasteiger partial charge in [-0.25, -0.2) is 4.39 Å². The van der Waals surface area contributed by atoms with E-state index >= 15 is 0 Å². The molecule has 1 amide bonds. The van der Waals surface area contributed by atoms with Crippen LogP contribution >= 0.6 is 11.6 Å². The summed E-state index contributed by atoms with van der Waals surface area (Å²) in [6, 6.07) is 11.0. The fraction of sp³-hybridized carbons (Fsp3) is 0.0714. The monoisotopic (exact) mass is 263 g/mol. The van der Waals surface area contributed by atoms with Gasteiger partial charge < -0.3 is 5.32 Å². The zero-order valence-electron chi connectivity index (χ0n) is 9.71. The van der Waals surface area contributed by atoms with Crippen LogP contribution in [0.25, 0.3) is 0 Å². The molecule has 0 fully saturated rings. The molecule has 0 aliphatic carbocycles. The Labute approximate surface area is 109 Å². The Hall–Kier alpha value is -1.87. The number of rotatable bonds is 2. The van der Waals surface area contributed by atoms with Crippen LogP contribution in [0.2, 0.25) is 5.02 Å². The molecule has 2 aromatic rings. The summed E-state index contributed by atoms with van der Waals surface area (Å²) < 4.78 is 13.4. The largest absolute Gasteiger partial charge is 0.322 e. The lowest BCUT2D eigenvalue weighted by Crippen LogP contribution is -2.14. The minimum Gasteiger partial charge on any atom is -0.322 e. The Bertz CT molecular complexity index is 598. The third kappa shape index (κ3) is 2.51. The van der Waals surface area contributed by atoms with Gasteiger partial charge in [0.15, 0.2) is 0 Å². The predicted molar refractivity (Wildman–Crippen MR) is 70.5 cm³/mol. The molecule has 0 spiro atoms. The van der Waals surface area contributed by atoms with E-state index in [9.17, 15) is 9.18 Å². The summed E-state index contributed by atoms with van der Waals surface area (Å²) in [7, 11) is 0. The lowest BCUT2D eigenvalue weighted by atomic mass is 10.1. The van der Waals surface area contributed by atoms with Gasteiger partial charge in [0, 0.05) is 10.7 Å². The highest BCUT2D eigenvalue weighted by molar-refractivity contribution is 6.31. The van der Waals surface area contributed by atoms with Gasteiger partial charge >= 0.3 is 0 Å². The van der Waals surface area contributed by atoms with Crippen LogP contribution in [0.1, 0.15) is 15.9 Å². The summed E-state index contributed by atoms with van der Waals surface area (Å²) in [6.07, 6.45) is 0. The number of anilines is 1. The van der Waals surface area contributed by atoms with Crippen LogP contribution in [0.15, 0.2) is 42.5 Å². The molecule has 2 nitrogen and oxygen atoms in total. The first kappa shape index (κ1) is 12.6. The minimum absolute atomic E-state index is 0.0110. The van der Waals surface area contributed by atoms with Crippen molar-refractivity contribution in [3.8, 4) is 0 Å². The highest BCUT2D eigenvalue weighted by Gasteiger charge is 2.12. The SMILES string of the molecule is Cc1c(Cl)cccc1NC(=O)c1ccccc1F. The summed E-state index contributed by atoms with van der Waals surface area (Å²) in [6.45, 7) is 1.79. The van der Waals surface area contributed by atoms with Crippen molar-refractivity contribution in [2.75, 3.05) is 5.32 Å². The van der Waals surface area contributed by atoms with Crippen LogP contribution in [0, 0.1) is 12.7 Å². The first-order chi connectivity index (χ1) is 8.59. The molecule has 0 unspecified atom stereocenters. The number of hydrogen-bond acceptors (Lipinski definition) is 1. The van der Waals surface area contributed by atoms with Crippen molar-refractivity contribution in [1.82, 2.24) is 0 Å². The quantitative estimate of drug-likeness (QED) is 0.870. The van der Waals surface area contributed by atoms with Gasteiger partial charge in [0.05, 0.1) is 5.56 Å². The molecule has 0 heterocycles. The van der Waals surface area contributed by atoms with E-state index in [0.717, 1.165) is 5.56 Å². The van der Waals surface area contributed by atoms with E-state index < -0.39 is 11.7 Å². The van der Waals surface area contributed by atoms with Gasteiger partial charge in [0.25, 0.3) is 5.91 Å². The molecule has 2 aromatic carbocycles. The lowest BCUT2D eigenvalue weighted by Gasteiger charge is -2.09. The Balaban J connectivity index is 2.27. The summed E-state index contributed by atoms with van der Waals surface area (Å²) in [5, 5.41) is 3.20. The molecule has 1 N–H and O–H groups in total. The number of benzene rings is 2. The Kier molecular flexibility index (Phi) is 3.63. The predicted octanol–water partition coefficient (Wildman–Crippen LogP) is 4.04. The van der Waals surface area contributed by atoms with E-state index in [1.165, 1.54) is 18.2 Å². The highest BCUT2D eigenvalue weighted by Crippen LogP contribution is 2.23. The van der Waals surface area contributed by atoms with E-state index in [0.29, 0.717) is 10.7 Å². The van der Waals surface area contributed by atoms with E-state index in [1.54, 1.807) is 31.2 Å². The van der Waals surface area contributed by atoms with Crippen LogP contribution in [0.3, 0.4) is 0 Å². The van der Waals surface area contributed by atoms with Gasteiger partial charge in [-0.1, -0.05) is 29.8 Å². The van der Waals surface area contributed by atoms with E-state index in [-0.39, 0.29) is 5.56 Å². The van der Waals surface area contributed by atoms with Crippen LogP contribution < -0.4 is 5.32 Å². The van der Waals surface area contributed by atoms with Crippen molar-refractivity contribution in [2.45, 2.75) is 6.92 Å². The fourth-order valence-electron chi connectivity index (χ4n) is 1.58. The molecule has 0 atom stereocenters. The molecular formula is C14H11ClFNO. The van der Waals surface area contributed by atoms with Gasteiger partial charge in [-0.3, -0.25) is 4.79 Å². The van der Waals surface area contributed by atoms with Crippen LogP contribution in [-0.4, -0.2) is 5.91 Å². The number of hydrogen-bond donors (Lipinski definition) is 1. The Morgan fingerprint density at radius 1 is 1.17 bits per heavy atom. The number of carbonyl (C=O) groups excluding carboxylic acids is 1. The average Bonchev–Trinajstić information content (AvgIpc) is 2.35. The highest BCUT2D eigenvalue weighted by atomic mass is 35.5. The fourth-order valence-corrected chi connectivity index (χ4v) is 1.75. The molecule has 2 rings (SSSR count). The maximum Gasteiger partial charge on any atom is 0.258 e. The molecule has 0 radical (unpaired) electrons. The Morgan fingerprint density at radius 3 is 2.61 bits per heavy atom. The number of amides is 1. The van der Waals surface area contributed by atoms with Crippen molar-refractivity contribution < 1.29 is 9.18 Å². The smallest absolute Gasteiger partial charge is 0.258 e. The van der Waals surface area contributed by atoms with Crippen molar-refractivity contribution in [3.63, 3.8) is 0 Å². The van der Waals surface area contributed by atoms with Crippen LogP contribution in [-0.2, 0) is 0 Å². The summed E-state index contributed by atoms with van der Waals surface area (Å²) in [5.41, 5.74) is 1.34. The summed E-state index contributed by atoms with van der Waals surface area (Å²) in [4.78, 5) is 11.9. The summed E-state index contributed by atoms with van der Waals surface area (Å²) in [5.74, 6) is -1.03. The second-order valence-electron chi connectivity index (χ2n) is 3.85. The molecule has 0 bridgehead atoms. The normalized spacial score (nSPS) is 10.2. The second-order valence-corrected chi connectivity index (χ2v) is 4.25. The van der Waals surface area contributed by atoms with Crippen molar-refractivity contribution in [3.05, 3.63) is 64.4 Å². The van der Waals surface area contributed by atoms with Gasteiger partial charge in [-0.05, 0) is 36.8 Å². The van der Waals surface area contributed by atoms with E-state index in [4.69, 9.17) is 11.6 Å². The summed E-state index contributed by atoms with van der Waals surface area (Å²) >= 11 is 5.95. The molecule has 0 saturated carbocycles. The zero-order chi connectivity index (χ0) is 13.1. The van der Waals surface area contributed by atoms with Gasteiger partial charge in [0.2, 0.25) is 0 Å². The number of nitrogens with one attached hydrogen (secondary N) is 1. The molecule has 18 heavy (non-hydrogen) atoms. The maximum atomic E-state index is 13.4. The number of halogens is 2. The van der Waals surface area contributed by atoms with Gasteiger partial charge in [-0.15, -0.1) is 0 Å². The standard InChI is InChI=1S/C14H11ClFNO/c1-9-11(15)6-4-8-13(9)17-14(18)10-5-2-3-7-12(10)16/h2-8H,1H3,(H,17,18). The molecule has 0 aliphatic heterocycles. The third-order valence-electron chi connectivity index (χ3n) is 2.63. The van der Waals surface area contributed by atoms with E-state index in [2.05, 4.69) is 5.32 Å². The first-order valence-electron chi connectivity index (χ1n) is 5.40. The van der Waals surface area contributed by atoms with Crippen LogP contribution in [0.5, 0.6) is 0 Å². The molecule has 0 saturated heterocycles. The van der Waals surface area contributed by atoms with Crippen molar-refractivity contribution in [2.24, 2.45) is 0 Å². The maximum absolute atomic E-state index is 13.4. The van der Waals surface area contributed by atoms with Crippen molar-refractivity contribution in [1.29, 1.82) is 0 Å². The third-order valence-corrected chi connectivity index (χ3v) is 3.04. The van der Waals surface area contributed by atoms with Gasteiger partial charge in [-0.2, -0.15) is 0 Å². The van der Waals surface area contributed by atoms with Crippen molar-refractivity contribution >= 4 is 23.2 Å². The average molecular weight is 264 g/mol. The topological polar surface area (TPSA) is 29.1 Å². The zero-order valence-corrected chi connectivity index (χ0v) is 10.5. The van der Waals surface area contributed by atoms with E-state index in [1.807, 2.05) is 0 Å². The molecule has 0 aromatic heterocycles. The van der Waals surface area contributed by atoms with Crippen LogP contribution in [0.4, 0.5) is 10.1 Å². The molecule has 0 aliphatic rings. The number of carbonyl (C=O) groups is 1. The lowest BCUT2D eigenvalue weighted by molar-refractivity contribution is 0.102. The molecule has 4 heteroatoms. The second kappa shape index (κ2) is 5.19. The minimum atomic E-state index is -0.547. The van der Waals surface area contributed by atoms with Gasteiger partial charge in [0.1, 0.15) is 5.82 Å². The first-order valence-corrected chi connectivity index (χ1v) is 5.78. The Morgan fingerprint density at radius 2 is 1.89 bits per heavy atom. The molecule has 92 valence electrons.